The van der Waals surface area contributed by atoms with Gasteiger partial charge < -0.3 is 4.74 Å². The summed E-state index contributed by atoms with van der Waals surface area (Å²) in [6.45, 7) is 12.2. The largest absolute Gasteiger partial charge is 0.373 e. The summed E-state index contributed by atoms with van der Waals surface area (Å²) in [6, 6.07) is 3.49. The second-order valence-corrected chi connectivity index (χ2v) is 9.95. The van der Waals surface area contributed by atoms with Gasteiger partial charge in [0.25, 0.3) is 0 Å². The number of hydrogen-bond donors (Lipinski definition) is 1. The third-order valence-electron chi connectivity index (χ3n) is 3.95. The van der Waals surface area contributed by atoms with Crippen molar-refractivity contribution in [2.75, 3.05) is 19.6 Å². The molecule has 1 aliphatic heterocycles. The average molecular weight is 347 g/mol. The van der Waals surface area contributed by atoms with Crippen molar-refractivity contribution in [1.82, 2.24) is 9.62 Å². The molecule has 0 amide bonds. The predicted octanol–water partition coefficient (Wildman–Crippen LogP) is 2.22. The first-order valence-corrected chi connectivity index (χ1v) is 9.87. The third kappa shape index (κ3) is 4.29. The fourth-order valence-corrected chi connectivity index (χ4v) is 5.22. The van der Waals surface area contributed by atoms with Crippen LogP contribution >= 0.6 is 11.3 Å². The molecule has 1 aromatic rings. The molecule has 0 bridgehead atoms. The van der Waals surface area contributed by atoms with Gasteiger partial charge in [0.1, 0.15) is 4.21 Å². The lowest BCUT2D eigenvalue weighted by atomic mass is 10.0. The van der Waals surface area contributed by atoms with Gasteiger partial charge in [-0.25, -0.2) is 13.1 Å². The Hall–Kier alpha value is -0.470. The minimum atomic E-state index is -3.43. The lowest BCUT2D eigenvalue weighted by Gasteiger charge is -2.45. The van der Waals surface area contributed by atoms with E-state index in [4.69, 9.17) is 4.74 Å². The van der Waals surface area contributed by atoms with Crippen molar-refractivity contribution in [2.45, 2.75) is 56.6 Å². The SMILES string of the molecule is Cc1ccc(S(=O)(=O)NCC(C)(C)N2C[C@H](C)O[C@@H](C)C2)s1. The molecule has 0 aliphatic carbocycles. The second-order valence-electron chi connectivity index (χ2n) is 6.66. The number of morpholine rings is 1. The number of nitrogens with one attached hydrogen (secondary N) is 1. The summed E-state index contributed by atoms with van der Waals surface area (Å²) in [5, 5.41) is 0. The zero-order valence-electron chi connectivity index (χ0n) is 13.9. The molecule has 1 aliphatic rings. The van der Waals surface area contributed by atoms with E-state index in [1.807, 2.05) is 13.0 Å². The van der Waals surface area contributed by atoms with Crippen molar-refractivity contribution in [3.63, 3.8) is 0 Å². The van der Waals surface area contributed by atoms with Gasteiger partial charge in [-0.15, -0.1) is 11.3 Å². The fourth-order valence-electron chi connectivity index (χ4n) is 2.68. The van der Waals surface area contributed by atoms with E-state index in [9.17, 15) is 8.42 Å². The summed E-state index contributed by atoms with van der Waals surface area (Å²) in [5.41, 5.74) is -0.258. The topological polar surface area (TPSA) is 58.6 Å². The standard InChI is InChI=1S/C15H26N2O3S2/c1-11-8-17(9-12(2)20-11)15(4,5)10-16-22(18,19)14-7-6-13(3)21-14/h6-7,11-12,16H,8-10H2,1-5H3/t11-,12-/m0/s1. The Balaban J connectivity index is 2.03. The normalized spacial score (nSPS) is 24.6. The Morgan fingerprint density at radius 3 is 2.41 bits per heavy atom. The first-order chi connectivity index (χ1) is 10.1. The van der Waals surface area contributed by atoms with E-state index in [0.29, 0.717) is 10.8 Å². The molecule has 126 valence electrons. The van der Waals surface area contributed by atoms with Gasteiger partial charge in [-0.05, 0) is 46.8 Å². The number of sulfonamides is 1. The molecule has 22 heavy (non-hydrogen) atoms. The number of hydrogen-bond acceptors (Lipinski definition) is 5. The minimum absolute atomic E-state index is 0.166. The van der Waals surface area contributed by atoms with E-state index >= 15 is 0 Å². The van der Waals surface area contributed by atoms with Crippen LogP contribution in [0.1, 0.15) is 32.6 Å². The lowest BCUT2D eigenvalue weighted by Crippen LogP contribution is -2.58. The number of aryl methyl sites for hydroxylation is 1. The van der Waals surface area contributed by atoms with Gasteiger partial charge in [0, 0.05) is 30.1 Å². The molecule has 1 fully saturated rings. The van der Waals surface area contributed by atoms with Crippen LogP contribution in [0.2, 0.25) is 0 Å². The van der Waals surface area contributed by atoms with E-state index in [1.54, 1.807) is 6.07 Å². The second kappa shape index (κ2) is 6.57. The highest BCUT2D eigenvalue weighted by atomic mass is 32.2. The monoisotopic (exact) mass is 346 g/mol. The molecule has 0 unspecified atom stereocenters. The molecule has 0 aromatic carbocycles. The van der Waals surface area contributed by atoms with E-state index in [-0.39, 0.29) is 17.7 Å². The first kappa shape index (κ1) is 17.9. The van der Waals surface area contributed by atoms with E-state index < -0.39 is 10.0 Å². The summed E-state index contributed by atoms with van der Waals surface area (Å²) in [7, 11) is -3.43. The molecule has 0 radical (unpaired) electrons. The van der Waals surface area contributed by atoms with Crippen molar-refractivity contribution in [2.24, 2.45) is 0 Å². The van der Waals surface area contributed by atoms with E-state index in [2.05, 4.69) is 37.3 Å². The number of thiophene rings is 1. The minimum Gasteiger partial charge on any atom is -0.373 e. The fraction of sp³-hybridized carbons (Fsp3) is 0.733. The van der Waals surface area contributed by atoms with Gasteiger partial charge in [-0.3, -0.25) is 4.90 Å². The molecule has 2 rings (SSSR count). The lowest BCUT2D eigenvalue weighted by molar-refractivity contribution is -0.0945. The highest BCUT2D eigenvalue weighted by Crippen LogP contribution is 2.23. The zero-order valence-corrected chi connectivity index (χ0v) is 15.6. The summed E-state index contributed by atoms with van der Waals surface area (Å²) in [6.07, 6.45) is 0.333. The van der Waals surface area contributed by atoms with Crippen molar-refractivity contribution in [3.05, 3.63) is 17.0 Å². The Morgan fingerprint density at radius 1 is 1.32 bits per heavy atom. The maximum atomic E-state index is 12.4. The van der Waals surface area contributed by atoms with Crippen LogP contribution in [-0.4, -0.2) is 50.7 Å². The Bertz CT molecular complexity index is 600. The van der Waals surface area contributed by atoms with Crippen LogP contribution < -0.4 is 4.72 Å². The molecule has 5 nitrogen and oxygen atoms in total. The molecular weight excluding hydrogens is 320 g/mol. The molecule has 1 saturated heterocycles. The van der Waals surface area contributed by atoms with Crippen LogP contribution in [0.15, 0.2) is 16.3 Å². The zero-order chi connectivity index (χ0) is 16.5. The summed E-state index contributed by atoms with van der Waals surface area (Å²) in [5.74, 6) is 0. The number of nitrogens with zero attached hydrogens (tertiary/aromatic N) is 1. The van der Waals surface area contributed by atoms with Gasteiger partial charge in [0.05, 0.1) is 12.2 Å². The quantitative estimate of drug-likeness (QED) is 0.888. The maximum absolute atomic E-state index is 12.4. The molecule has 0 spiro atoms. The number of ether oxygens (including phenoxy) is 1. The van der Waals surface area contributed by atoms with E-state index in [0.717, 1.165) is 18.0 Å². The van der Waals surface area contributed by atoms with Crippen LogP contribution in [0, 0.1) is 6.92 Å². The van der Waals surface area contributed by atoms with Crippen LogP contribution in [0.4, 0.5) is 0 Å². The van der Waals surface area contributed by atoms with Crippen LogP contribution in [0.5, 0.6) is 0 Å². The molecule has 2 atom stereocenters. The smallest absolute Gasteiger partial charge is 0.250 e. The highest BCUT2D eigenvalue weighted by Gasteiger charge is 2.34. The Morgan fingerprint density at radius 2 is 1.91 bits per heavy atom. The molecule has 1 aromatic heterocycles. The van der Waals surface area contributed by atoms with Crippen molar-refractivity contribution in [1.29, 1.82) is 0 Å². The summed E-state index contributed by atoms with van der Waals surface area (Å²) in [4.78, 5) is 3.30. The molecule has 1 N–H and O–H groups in total. The Labute approximate surface area is 137 Å². The molecule has 2 heterocycles. The van der Waals surface area contributed by atoms with Crippen molar-refractivity contribution >= 4 is 21.4 Å². The third-order valence-corrected chi connectivity index (χ3v) is 6.84. The molecule has 0 saturated carbocycles. The molecule has 7 heteroatoms. The molecular formula is C15H26N2O3S2. The number of rotatable bonds is 5. The Kier molecular flexibility index (Phi) is 5.34. The first-order valence-electron chi connectivity index (χ1n) is 7.57. The van der Waals surface area contributed by atoms with Crippen LogP contribution in [0.3, 0.4) is 0 Å². The predicted molar refractivity (Wildman–Crippen MR) is 89.9 cm³/mol. The average Bonchev–Trinajstić information content (AvgIpc) is 2.83. The van der Waals surface area contributed by atoms with Crippen LogP contribution in [-0.2, 0) is 14.8 Å². The van der Waals surface area contributed by atoms with Gasteiger partial charge in [-0.1, -0.05) is 0 Å². The highest BCUT2D eigenvalue weighted by molar-refractivity contribution is 7.91. The summed E-state index contributed by atoms with van der Waals surface area (Å²) >= 11 is 1.30. The van der Waals surface area contributed by atoms with Gasteiger partial charge in [0.15, 0.2) is 0 Å². The van der Waals surface area contributed by atoms with Gasteiger partial charge >= 0.3 is 0 Å². The summed E-state index contributed by atoms with van der Waals surface area (Å²) < 4.78 is 33.6. The van der Waals surface area contributed by atoms with Gasteiger partial charge in [0.2, 0.25) is 10.0 Å². The van der Waals surface area contributed by atoms with Crippen LogP contribution in [0.25, 0.3) is 0 Å². The van der Waals surface area contributed by atoms with Gasteiger partial charge in [-0.2, -0.15) is 0 Å². The maximum Gasteiger partial charge on any atom is 0.250 e. The van der Waals surface area contributed by atoms with E-state index in [1.165, 1.54) is 11.3 Å². The van der Waals surface area contributed by atoms with Crippen molar-refractivity contribution < 1.29 is 13.2 Å². The van der Waals surface area contributed by atoms with Crippen molar-refractivity contribution in [3.8, 4) is 0 Å².